The van der Waals surface area contributed by atoms with E-state index in [0.717, 1.165) is 5.56 Å². The highest BCUT2D eigenvalue weighted by Gasteiger charge is 2.51. The van der Waals surface area contributed by atoms with Crippen molar-refractivity contribution >= 4 is 23.2 Å². The van der Waals surface area contributed by atoms with Crippen LogP contribution in [0.15, 0.2) is 16.8 Å². The second-order valence-corrected chi connectivity index (χ2v) is 6.51. The Morgan fingerprint density at radius 1 is 1.32 bits per heavy atom. The number of carbonyl (C=O) groups excluding carboxylic acids is 2. The summed E-state index contributed by atoms with van der Waals surface area (Å²) < 4.78 is 0. The summed E-state index contributed by atoms with van der Waals surface area (Å²) in [6, 6.07) is 1.99. The zero-order chi connectivity index (χ0) is 14.3. The molecular formula is C14H20N2O2S. The molecule has 2 rings (SSSR count). The van der Waals surface area contributed by atoms with E-state index in [0.29, 0.717) is 13.0 Å². The highest BCUT2D eigenvalue weighted by molar-refractivity contribution is 7.07. The number of rotatable bonds is 3. The van der Waals surface area contributed by atoms with Crippen LogP contribution in [0.1, 0.15) is 39.7 Å². The first kappa shape index (κ1) is 14.1. The van der Waals surface area contributed by atoms with E-state index in [1.54, 1.807) is 30.1 Å². The Balaban J connectivity index is 2.38. The second kappa shape index (κ2) is 4.63. The summed E-state index contributed by atoms with van der Waals surface area (Å²) in [6.45, 7) is 7.77. The maximum atomic E-state index is 12.6. The molecule has 2 amide bonds. The fourth-order valence-electron chi connectivity index (χ4n) is 2.32. The Labute approximate surface area is 117 Å². The largest absolute Gasteiger partial charge is 0.340 e. The number of nitrogens with zero attached hydrogens (tertiary/aromatic N) is 1. The Morgan fingerprint density at radius 2 is 2.00 bits per heavy atom. The lowest BCUT2D eigenvalue weighted by molar-refractivity contribution is -0.161. The third kappa shape index (κ3) is 2.27. The lowest BCUT2D eigenvalue weighted by Gasteiger charge is -2.48. The first-order valence-electron chi connectivity index (χ1n) is 6.47. The van der Waals surface area contributed by atoms with Crippen molar-refractivity contribution in [3.8, 4) is 0 Å². The molecule has 1 aromatic heterocycles. The number of amides is 2. The van der Waals surface area contributed by atoms with Crippen molar-refractivity contribution < 1.29 is 9.59 Å². The maximum Gasteiger partial charge on any atom is 0.248 e. The van der Waals surface area contributed by atoms with Gasteiger partial charge >= 0.3 is 0 Å². The SMILES string of the molecule is CCC1(C)C(=O)NC(C)(C)C(=O)N1Cc1ccsc1. The molecule has 0 spiro atoms. The maximum absolute atomic E-state index is 12.6. The third-order valence-corrected chi connectivity index (χ3v) is 4.63. The average Bonchev–Trinajstić information content (AvgIpc) is 2.85. The second-order valence-electron chi connectivity index (χ2n) is 5.73. The van der Waals surface area contributed by atoms with Gasteiger partial charge in [-0.15, -0.1) is 0 Å². The van der Waals surface area contributed by atoms with E-state index in [4.69, 9.17) is 0 Å². The molecular weight excluding hydrogens is 260 g/mol. The number of hydrogen-bond acceptors (Lipinski definition) is 3. The number of piperazine rings is 1. The van der Waals surface area contributed by atoms with Crippen molar-refractivity contribution in [3.63, 3.8) is 0 Å². The zero-order valence-electron chi connectivity index (χ0n) is 11.8. The van der Waals surface area contributed by atoms with Gasteiger partial charge in [-0.25, -0.2) is 0 Å². The van der Waals surface area contributed by atoms with Gasteiger partial charge in [0.25, 0.3) is 0 Å². The summed E-state index contributed by atoms with van der Waals surface area (Å²) >= 11 is 1.60. The normalized spacial score (nSPS) is 26.4. The minimum atomic E-state index is -0.832. The van der Waals surface area contributed by atoms with Crippen molar-refractivity contribution in [2.75, 3.05) is 0 Å². The molecule has 1 aliphatic rings. The van der Waals surface area contributed by atoms with Crippen LogP contribution in [0.5, 0.6) is 0 Å². The molecule has 1 aliphatic heterocycles. The smallest absolute Gasteiger partial charge is 0.248 e. The van der Waals surface area contributed by atoms with Gasteiger partial charge in [0.2, 0.25) is 11.8 Å². The standard InChI is InChI=1S/C14H20N2O2S/c1-5-14(4)11(17)15-13(2,3)12(18)16(14)8-10-6-7-19-9-10/h6-7,9H,5,8H2,1-4H3,(H,15,17). The van der Waals surface area contributed by atoms with Crippen LogP contribution < -0.4 is 5.32 Å². The molecule has 2 heterocycles. The molecule has 0 aromatic carbocycles. The molecule has 4 nitrogen and oxygen atoms in total. The van der Waals surface area contributed by atoms with Gasteiger partial charge in [0.05, 0.1) is 0 Å². The van der Waals surface area contributed by atoms with Crippen molar-refractivity contribution in [3.05, 3.63) is 22.4 Å². The highest BCUT2D eigenvalue weighted by Crippen LogP contribution is 2.30. The van der Waals surface area contributed by atoms with Crippen LogP contribution in [0, 0.1) is 0 Å². The van der Waals surface area contributed by atoms with Gasteiger partial charge in [0, 0.05) is 6.54 Å². The van der Waals surface area contributed by atoms with Crippen LogP contribution in [-0.2, 0) is 16.1 Å². The molecule has 0 aliphatic carbocycles. The Bertz CT molecular complexity index is 496. The molecule has 1 atom stereocenters. The molecule has 0 bridgehead atoms. The molecule has 1 aromatic rings. The van der Waals surface area contributed by atoms with Gasteiger partial charge in [-0.1, -0.05) is 6.92 Å². The monoisotopic (exact) mass is 280 g/mol. The van der Waals surface area contributed by atoms with Crippen LogP contribution in [-0.4, -0.2) is 27.8 Å². The van der Waals surface area contributed by atoms with Gasteiger partial charge in [-0.05, 0) is 49.6 Å². The summed E-state index contributed by atoms with van der Waals surface area (Å²) in [6.07, 6.45) is 0.602. The van der Waals surface area contributed by atoms with E-state index in [-0.39, 0.29) is 11.8 Å². The van der Waals surface area contributed by atoms with Crippen molar-refractivity contribution in [1.29, 1.82) is 0 Å². The molecule has 1 fully saturated rings. The molecule has 1 saturated heterocycles. The van der Waals surface area contributed by atoms with Gasteiger partial charge in [-0.3, -0.25) is 9.59 Å². The minimum absolute atomic E-state index is 0.0253. The number of carbonyl (C=O) groups is 2. The van der Waals surface area contributed by atoms with Crippen molar-refractivity contribution in [2.45, 2.75) is 51.7 Å². The van der Waals surface area contributed by atoms with E-state index >= 15 is 0 Å². The fraction of sp³-hybridized carbons (Fsp3) is 0.571. The average molecular weight is 280 g/mol. The summed E-state index contributed by atoms with van der Waals surface area (Å²) in [5.74, 6) is -0.0996. The zero-order valence-corrected chi connectivity index (χ0v) is 12.6. The van der Waals surface area contributed by atoms with E-state index in [1.165, 1.54) is 0 Å². The molecule has 1 N–H and O–H groups in total. The van der Waals surface area contributed by atoms with Crippen LogP contribution in [0.2, 0.25) is 0 Å². The molecule has 19 heavy (non-hydrogen) atoms. The van der Waals surface area contributed by atoms with E-state index in [1.807, 2.05) is 30.7 Å². The first-order valence-corrected chi connectivity index (χ1v) is 7.41. The minimum Gasteiger partial charge on any atom is -0.340 e. The Kier molecular flexibility index (Phi) is 3.43. The fourth-order valence-corrected chi connectivity index (χ4v) is 2.98. The van der Waals surface area contributed by atoms with Crippen molar-refractivity contribution in [1.82, 2.24) is 10.2 Å². The number of nitrogens with one attached hydrogen (secondary N) is 1. The van der Waals surface area contributed by atoms with Gasteiger partial charge in [0.15, 0.2) is 0 Å². The van der Waals surface area contributed by atoms with E-state index < -0.39 is 11.1 Å². The topological polar surface area (TPSA) is 49.4 Å². The highest BCUT2D eigenvalue weighted by atomic mass is 32.1. The van der Waals surface area contributed by atoms with Crippen LogP contribution >= 0.6 is 11.3 Å². The van der Waals surface area contributed by atoms with Gasteiger partial charge < -0.3 is 10.2 Å². The Hall–Kier alpha value is -1.36. The third-order valence-electron chi connectivity index (χ3n) is 3.90. The quantitative estimate of drug-likeness (QED) is 0.922. The van der Waals surface area contributed by atoms with E-state index in [9.17, 15) is 9.59 Å². The van der Waals surface area contributed by atoms with Crippen LogP contribution in [0.3, 0.4) is 0 Å². The lowest BCUT2D eigenvalue weighted by Crippen LogP contribution is -2.72. The van der Waals surface area contributed by atoms with Crippen LogP contribution in [0.25, 0.3) is 0 Å². The predicted octanol–water partition coefficient (Wildman–Crippen LogP) is 2.15. The van der Waals surface area contributed by atoms with Gasteiger partial charge in [0.1, 0.15) is 11.1 Å². The molecule has 1 unspecified atom stereocenters. The number of thiophene rings is 1. The van der Waals surface area contributed by atoms with Crippen molar-refractivity contribution in [2.24, 2.45) is 0 Å². The molecule has 104 valence electrons. The Morgan fingerprint density at radius 3 is 2.53 bits per heavy atom. The predicted molar refractivity (Wildman–Crippen MR) is 75.8 cm³/mol. The summed E-state index contributed by atoms with van der Waals surface area (Å²) in [5.41, 5.74) is -0.528. The lowest BCUT2D eigenvalue weighted by atomic mass is 9.86. The first-order chi connectivity index (χ1) is 8.81. The summed E-state index contributed by atoms with van der Waals surface area (Å²) in [5, 5.41) is 6.83. The molecule has 0 radical (unpaired) electrons. The van der Waals surface area contributed by atoms with Crippen LogP contribution in [0.4, 0.5) is 0 Å². The number of hydrogen-bond donors (Lipinski definition) is 1. The molecule has 0 saturated carbocycles. The summed E-state index contributed by atoms with van der Waals surface area (Å²) in [4.78, 5) is 26.7. The van der Waals surface area contributed by atoms with E-state index in [2.05, 4.69) is 5.32 Å². The van der Waals surface area contributed by atoms with Gasteiger partial charge in [-0.2, -0.15) is 11.3 Å². The summed E-state index contributed by atoms with van der Waals surface area (Å²) in [7, 11) is 0. The molecule has 5 heteroatoms.